The summed E-state index contributed by atoms with van der Waals surface area (Å²) in [5.41, 5.74) is 9.99. The van der Waals surface area contributed by atoms with Crippen LogP contribution in [0.15, 0.2) is 12.4 Å². The largest absolute Gasteiger partial charge is 0.386 e. The van der Waals surface area contributed by atoms with Gasteiger partial charge >= 0.3 is 0 Å². The van der Waals surface area contributed by atoms with Crippen LogP contribution in [0.1, 0.15) is 0 Å². The summed E-state index contributed by atoms with van der Waals surface area (Å²) in [4.78, 5) is 0. The summed E-state index contributed by atoms with van der Waals surface area (Å²) in [6, 6.07) is 0. The molecule has 0 amide bonds. The van der Waals surface area contributed by atoms with Gasteiger partial charge < -0.3 is 16.8 Å². The predicted octanol–water partition coefficient (Wildman–Crippen LogP) is -1.08. The Balaban J connectivity index is 2.83. The van der Waals surface area contributed by atoms with Gasteiger partial charge in [-0.05, 0) is 0 Å². The molecule has 0 unspecified atom stereocenters. The van der Waals surface area contributed by atoms with Gasteiger partial charge in [0.1, 0.15) is 0 Å². The topological polar surface area (TPSA) is 64.1 Å². The molecule has 0 aliphatic carbocycles. The highest BCUT2D eigenvalue weighted by molar-refractivity contribution is 4.80. The van der Waals surface area contributed by atoms with Crippen LogP contribution in [-0.2, 0) is 0 Å². The maximum Gasteiger partial charge on any atom is 0.0895 e. The quantitative estimate of drug-likeness (QED) is 0.375. The van der Waals surface area contributed by atoms with Gasteiger partial charge in [0, 0.05) is 0 Å². The Hall–Kier alpha value is -0.700. The van der Waals surface area contributed by atoms with Crippen molar-refractivity contribution in [3.8, 4) is 0 Å². The standard InChI is InChI=1S/C3H9N3/c1-3(5)6-2-4/h6H,1-2,4-5H2. The molecule has 0 rings (SSSR count). The minimum atomic E-state index is 0.356. The summed E-state index contributed by atoms with van der Waals surface area (Å²) in [7, 11) is 0. The van der Waals surface area contributed by atoms with Crippen molar-refractivity contribution in [3.05, 3.63) is 12.4 Å². The van der Waals surface area contributed by atoms with E-state index in [2.05, 4.69) is 11.9 Å². The molecule has 0 aromatic rings. The molecule has 3 nitrogen and oxygen atoms in total. The number of rotatable bonds is 2. The lowest BCUT2D eigenvalue weighted by Crippen LogP contribution is -2.25. The van der Waals surface area contributed by atoms with Crippen LogP contribution in [0.2, 0.25) is 0 Å². The van der Waals surface area contributed by atoms with Gasteiger partial charge in [0.05, 0.1) is 12.5 Å². The van der Waals surface area contributed by atoms with E-state index in [0.717, 1.165) is 0 Å². The lowest BCUT2D eigenvalue weighted by atomic mass is 10.8. The van der Waals surface area contributed by atoms with Crippen molar-refractivity contribution in [2.75, 3.05) is 6.67 Å². The normalized spacial score (nSPS) is 7.50. The van der Waals surface area contributed by atoms with Crippen LogP contribution in [-0.4, -0.2) is 6.67 Å². The zero-order valence-electron chi connectivity index (χ0n) is 3.57. The zero-order chi connectivity index (χ0) is 4.99. The smallest absolute Gasteiger partial charge is 0.0895 e. The number of nitrogens with two attached hydrogens (primary N) is 2. The van der Waals surface area contributed by atoms with Gasteiger partial charge in [-0.3, -0.25) is 0 Å². The van der Waals surface area contributed by atoms with Crippen LogP contribution in [0.25, 0.3) is 0 Å². The molecule has 0 aliphatic rings. The first-order valence-corrected chi connectivity index (χ1v) is 1.65. The van der Waals surface area contributed by atoms with Crippen molar-refractivity contribution >= 4 is 0 Å². The molecular formula is C3H9N3. The number of hydrogen-bond acceptors (Lipinski definition) is 3. The molecule has 0 aromatic heterocycles. The average Bonchev–Trinajstić information content (AvgIpc) is 1.35. The van der Waals surface area contributed by atoms with E-state index in [1.54, 1.807) is 0 Å². The van der Waals surface area contributed by atoms with E-state index >= 15 is 0 Å². The highest BCUT2D eigenvalue weighted by atomic mass is 15.0. The van der Waals surface area contributed by atoms with Gasteiger partial charge in [0.25, 0.3) is 0 Å². The average molecular weight is 87.1 g/mol. The van der Waals surface area contributed by atoms with Gasteiger partial charge in [-0.15, -0.1) is 0 Å². The van der Waals surface area contributed by atoms with Crippen molar-refractivity contribution in [1.82, 2.24) is 5.32 Å². The third kappa shape index (κ3) is 3.30. The second kappa shape index (κ2) is 2.53. The van der Waals surface area contributed by atoms with E-state index in [1.807, 2.05) is 0 Å². The van der Waals surface area contributed by atoms with Crippen LogP contribution in [0.4, 0.5) is 0 Å². The van der Waals surface area contributed by atoms with Crippen molar-refractivity contribution in [1.29, 1.82) is 0 Å². The number of nitrogens with one attached hydrogen (secondary N) is 1. The van der Waals surface area contributed by atoms with E-state index in [4.69, 9.17) is 11.5 Å². The van der Waals surface area contributed by atoms with Crippen molar-refractivity contribution in [2.45, 2.75) is 0 Å². The maximum atomic E-state index is 5.02. The summed E-state index contributed by atoms with van der Waals surface area (Å²) >= 11 is 0. The molecule has 0 fully saturated rings. The molecule has 36 valence electrons. The Bertz CT molecular complexity index is 50.0. The van der Waals surface area contributed by atoms with Gasteiger partial charge in [0.15, 0.2) is 0 Å². The molecule has 0 spiro atoms. The summed E-state index contributed by atoms with van der Waals surface area (Å²) in [5, 5.41) is 2.57. The van der Waals surface area contributed by atoms with Gasteiger partial charge in [-0.1, -0.05) is 6.58 Å². The van der Waals surface area contributed by atoms with E-state index < -0.39 is 0 Å². The van der Waals surface area contributed by atoms with Crippen LogP contribution in [0, 0.1) is 0 Å². The molecule has 0 radical (unpaired) electrons. The van der Waals surface area contributed by atoms with Crippen molar-refractivity contribution in [3.63, 3.8) is 0 Å². The van der Waals surface area contributed by atoms with Gasteiger partial charge in [-0.2, -0.15) is 0 Å². The Morgan fingerprint density at radius 3 is 2.33 bits per heavy atom. The van der Waals surface area contributed by atoms with Gasteiger partial charge in [0.2, 0.25) is 0 Å². The fourth-order valence-electron chi connectivity index (χ4n) is 0.131. The summed E-state index contributed by atoms with van der Waals surface area (Å²) in [6.07, 6.45) is 0. The fraction of sp³-hybridized carbons (Fsp3) is 0.333. The Morgan fingerprint density at radius 1 is 1.83 bits per heavy atom. The molecule has 3 heteroatoms. The molecule has 0 atom stereocenters. The van der Waals surface area contributed by atoms with Crippen LogP contribution in [0.3, 0.4) is 0 Å². The summed E-state index contributed by atoms with van der Waals surface area (Å²) < 4.78 is 0. The maximum absolute atomic E-state index is 5.02. The molecule has 0 aromatic carbocycles. The second-order valence-corrected chi connectivity index (χ2v) is 0.906. The SMILES string of the molecule is C=C(N)NCN. The molecule has 0 aliphatic heterocycles. The molecule has 5 N–H and O–H groups in total. The minimum absolute atomic E-state index is 0.356. The van der Waals surface area contributed by atoms with E-state index in [-0.39, 0.29) is 0 Å². The molecular weight excluding hydrogens is 78.1 g/mol. The van der Waals surface area contributed by atoms with Crippen LogP contribution in [0.5, 0.6) is 0 Å². The molecule has 0 bridgehead atoms. The van der Waals surface area contributed by atoms with E-state index in [0.29, 0.717) is 12.5 Å². The monoisotopic (exact) mass is 87.1 g/mol. The first kappa shape index (κ1) is 5.30. The molecule has 6 heavy (non-hydrogen) atoms. The predicted molar refractivity (Wildman–Crippen MR) is 25.5 cm³/mol. The van der Waals surface area contributed by atoms with Gasteiger partial charge in [-0.25, -0.2) is 0 Å². The molecule has 0 heterocycles. The third-order valence-corrected chi connectivity index (χ3v) is 0.329. The first-order chi connectivity index (χ1) is 2.77. The zero-order valence-corrected chi connectivity index (χ0v) is 3.57. The van der Waals surface area contributed by atoms with Crippen LogP contribution >= 0.6 is 0 Å². The fourth-order valence-corrected chi connectivity index (χ4v) is 0.131. The minimum Gasteiger partial charge on any atom is -0.386 e. The molecule has 0 saturated heterocycles. The summed E-state index contributed by atoms with van der Waals surface area (Å²) in [5.74, 6) is 0.414. The second-order valence-electron chi connectivity index (χ2n) is 0.906. The lowest BCUT2D eigenvalue weighted by Gasteiger charge is -1.95. The van der Waals surface area contributed by atoms with E-state index in [9.17, 15) is 0 Å². The Labute approximate surface area is 37.0 Å². The van der Waals surface area contributed by atoms with E-state index in [1.165, 1.54) is 0 Å². The highest BCUT2D eigenvalue weighted by Crippen LogP contribution is 1.56. The Kier molecular flexibility index (Phi) is 2.24. The van der Waals surface area contributed by atoms with Crippen molar-refractivity contribution < 1.29 is 0 Å². The highest BCUT2D eigenvalue weighted by Gasteiger charge is 1.70. The van der Waals surface area contributed by atoms with Crippen molar-refractivity contribution in [2.24, 2.45) is 11.5 Å². The molecule has 0 saturated carbocycles. The first-order valence-electron chi connectivity index (χ1n) is 1.65. The summed E-state index contributed by atoms with van der Waals surface area (Å²) in [6.45, 7) is 3.69. The third-order valence-electron chi connectivity index (χ3n) is 0.329. The Morgan fingerprint density at radius 2 is 2.33 bits per heavy atom. The lowest BCUT2D eigenvalue weighted by molar-refractivity contribution is 0.819. The van der Waals surface area contributed by atoms with Crippen LogP contribution < -0.4 is 16.8 Å². The number of hydrogen-bond donors (Lipinski definition) is 3.